The molecule has 14 N–H and O–H groups in total. The fourth-order valence-electron chi connectivity index (χ4n) is 7.01. The Morgan fingerprint density at radius 3 is 1.26 bits per heavy atom. The number of phenols is 14. The predicted molar refractivity (Wildman–Crippen MR) is 317 cm³/mol. The van der Waals surface area contributed by atoms with Gasteiger partial charge in [0.15, 0.2) is 86.2 Å². The largest absolute Gasteiger partial charge is 0.504 e. The number of rotatable bonds is 2. The van der Waals surface area contributed by atoms with Crippen LogP contribution in [0.15, 0.2) is 158 Å². The molecular weight excluding hydrogens is 1050 g/mol. The fraction of sp³-hybridized carbons (Fsp3) is 0.219. The third-order valence-electron chi connectivity index (χ3n) is 11.8. The van der Waals surface area contributed by atoms with Crippen molar-refractivity contribution < 1.29 is 81.2 Å². The van der Waals surface area contributed by atoms with E-state index in [0.717, 1.165) is 56.6 Å². The number of phenolic OH excluding ortho intramolecular Hbond substituents is 14. The molecule has 436 valence electrons. The maximum absolute atomic E-state index is 10.1. The molecule has 0 aliphatic carbocycles. The van der Waals surface area contributed by atoms with Gasteiger partial charge < -0.3 is 76.2 Å². The number of nitro groups is 1. The second-order valence-electron chi connectivity index (χ2n) is 21.4. The summed E-state index contributed by atoms with van der Waals surface area (Å²) in [5.41, 5.74) is 3.31. The molecule has 0 aliphatic heterocycles. The molecule has 0 fully saturated rings. The highest BCUT2D eigenvalue weighted by molar-refractivity contribution is 5.90. The summed E-state index contributed by atoms with van der Waals surface area (Å²) in [5.74, 6) is -1.51. The van der Waals surface area contributed by atoms with Gasteiger partial charge in [-0.2, -0.15) is 0 Å². The van der Waals surface area contributed by atoms with Gasteiger partial charge in [0.25, 0.3) is 5.69 Å². The first kappa shape index (κ1) is 66.2. The average Bonchev–Trinajstić information content (AvgIpc) is 3.49. The first-order chi connectivity index (χ1) is 38.1. The number of hydrogen-bond donors (Lipinski definition) is 14. The van der Waals surface area contributed by atoms with Crippen molar-refractivity contribution in [1.82, 2.24) is 0 Å². The Hall–Kier alpha value is -10.1. The van der Waals surface area contributed by atoms with Gasteiger partial charge in [-0.05, 0) is 123 Å². The molecule has 0 bridgehead atoms. The number of nitro benzene ring substituents is 1. The number of ether oxygens (including phenoxy) is 1. The van der Waals surface area contributed by atoms with Crippen LogP contribution in [0.4, 0.5) is 5.69 Å². The van der Waals surface area contributed by atoms with Gasteiger partial charge >= 0.3 is 0 Å². The molecule has 0 amide bonds. The molecule has 0 spiro atoms. The third kappa shape index (κ3) is 19.7. The summed E-state index contributed by atoms with van der Waals surface area (Å²) in [7, 11) is 1.43. The molecule has 18 heteroatoms. The van der Waals surface area contributed by atoms with E-state index in [-0.39, 0.29) is 102 Å². The summed E-state index contributed by atoms with van der Waals surface area (Å²) in [5, 5.41) is 141. The van der Waals surface area contributed by atoms with Crippen LogP contribution >= 0.6 is 0 Å². The zero-order chi connectivity index (χ0) is 62.0. The Balaban J connectivity index is 0.000000253. The predicted octanol–water partition coefficient (Wildman–Crippen LogP) is 14.1. The van der Waals surface area contributed by atoms with Gasteiger partial charge in [0.05, 0.1) is 18.1 Å². The molecule has 0 atom stereocenters. The second kappa shape index (κ2) is 28.7. The molecule has 0 heterocycles. The van der Waals surface area contributed by atoms with E-state index in [0.29, 0.717) is 5.39 Å². The quantitative estimate of drug-likeness (QED) is 0.0434. The lowest BCUT2D eigenvalue weighted by atomic mass is 9.80. The van der Waals surface area contributed by atoms with Crippen LogP contribution in [0.25, 0.3) is 21.5 Å². The number of fused-ring (bicyclic) bond motifs is 2. The first-order valence-corrected chi connectivity index (χ1v) is 25.2. The topological polar surface area (TPSA) is 336 Å². The smallest absolute Gasteiger partial charge is 0.273 e. The normalized spacial score (nSPS) is 10.7. The van der Waals surface area contributed by atoms with E-state index in [9.17, 15) is 30.5 Å². The van der Waals surface area contributed by atoms with E-state index in [1.807, 2.05) is 82.3 Å². The average molecular weight is 1130 g/mol. The van der Waals surface area contributed by atoms with Crippen molar-refractivity contribution in [3.63, 3.8) is 0 Å². The highest BCUT2D eigenvalue weighted by atomic mass is 16.6. The first-order valence-electron chi connectivity index (χ1n) is 25.2. The number of methoxy groups -OCH3 is 1. The Morgan fingerprint density at radius 2 is 0.805 bits per heavy atom. The Morgan fingerprint density at radius 1 is 0.366 bits per heavy atom. The summed E-state index contributed by atoms with van der Waals surface area (Å²) in [6, 6.07) is 42.1. The van der Waals surface area contributed by atoms with Gasteiger partial charge in [0.1, 0.15) is 0 Å². The summed E-state index contributed by atoms with van der Waals surface area (Å²) >= 11 is 0. The summed E-state index contributed by atoms with van der Waals surface area (Å²) in [6.45, 7) is 20.3. The molecule has 0 saturated heterocycles. The molecule has 0 aliphatic rings. The Bertz CT molecular complexity index is 3530. The minimum Gasteiger partial charge on any atom is -0.504 e. The van der Waals surface area contributed by atoms with Crippen molar-refractivity contribution in [3.8, 4) is 86.2 Å². The van der Waals surface area contributed by atoms with Crippen LogP contribution in [0, 0.1) is 17.0 Å². The zero-order valence-corrected chi connectivity index (χ0v) is 47.4. The van der Waals surface area contributed by atoms with Gasteiger partial charge in [0, 0.05) is 17.0 Å². The molecule has 18 nitrogen and oxygen atoms in total. The number of para-hydroxylation sites is 1. The Kier molecular flexibility index (Phi) is 23.1. The monoisotopic (exact) mass is 1130 g/mol. The van der Waals surface area contributed by atoms with Crippen LogP contribution in [0.5, 0.6) is 86.2 Å². The molecule has 9 rings (SSSR count). The van der Waals surface area contributed by atoms with Crippen LogP contribution in [0.1, 0.15) is 84.6 Å². The highest BCUT2D eigenvalue weighted by Crippen LogP contribution is 2.41. The second-order valence-corrected chi connectivity index (χ2v) is 21.4. The van der Waals surface area contributed by atoms with Gasteiger partial charge in [-0.1, -0.05) is 141 Å². The van der Waals surface area contributed by atoms with Crippen molar-refractivity contribution in [3.05, 3.63) is 190 Å². The number of aromatic hydroxyl groups is 14. The summed E-state index contributed by atoms with van der Waals surface area (Å²) < 4.78 is 4.72. The van der Waals surface area contributed by atoms with Crippen molar-refractivity contribution in [1.29, 1.82) is 0 Å². The molecule has 0 radical (unpaired) electrons. The Labute approximate surface area is 475 Å². The molecular formula is C64H73NO17. The standard InChI is InChI=1S/C14H22O2.2C10H8O2.C10H14O2.C7H8O3.C7H8O2.C6H5NO4/c1-13(2,3)9-7-10(14(4,5)6)12(16)11(15)8-9;11-9-5-7-3-1-2-4-8(7)6-10(9)12;11-9-6-5-7-3-1-2-4-8(7)10(9)12;1-10(2,3)7-4-5-8(11)9(12)6-7;1-10-6-4-2-3-5(8)7(6)9;1-5-2-3-6(8)7(9)4-5;8-5-2-1-4(7(10)11)3-6(5)9/h7-8,15-16H,1-6H3;2*1-6,11-12H;4-6,11-12H,1-3H3;2-4,8-9H,1H3;2-4,8-9H,1H3;1-3,8-9H. The van der Waals surface area contributed by atoms with Crippen LogP contribution < -0.4 is 4.74 Å². The van der Waals surface area contributed by atoms with Gasteiger partial charge in [-0.15, -0.1) is 0 Å². The van der Waals surface area contributed by atoms with Gasteiger partial charge in [0.2, 0.25) is 0 Å². The van der Waals surface area contributed by atoms with Gasteiger partial charge in [-0.25, -0.2) is 0 Å². The third-order valence-corrected chi connectivity index (χ3v) is 11.8. The van der Waals surface area contributed by atoms with Crippen LogP contribution in [-0.2, 0) is 16.2 Å². The minimum atomic E-state index is -0.654. The minimum absolute atomic E-state index is 0.000463. The molecule has 82 heavy (non-hydrogen) atoms. The molecule has 0 aromatic heterocycles. The molecule has 9 aromatic rings. The van der Waals surface area contributed by atoms with E-state index in [1.165, 1.54) is 37.4 Å². The zero-order valence-electron chi connectivity index (χ0n) is 47.4. The molecule has 0 saturated carbocycles. The van der Waals surface area contributed by atoms with Crippen molar-refractivity contribution >= 4 is 27.2 Å². The van der Waals surface area contributed by atoms with Crippen molar-refractivity contribution in [2.45, 2.75) is 85.5 Å². The number of nitrogens with zero attached hydrogens (tertiary/aromatic N) is 1. The maximum atomic E-state index is 10.1. The van der Waals surface area contributed by atoms with Crippen molar-refractivity contribution in [2.75, 3.05) is 7.11 Å². The van der Waals surface area contributed by atoms with E-state index < -0.39 is 10.7 Å². The molecule has 9 aromatic carbocycles. The molecule has 0 unspecified atom stereocenters. The van der Waals surface area contributed by atoms with Gasteiger partial charge in [-0.3, -0.25) is 10.1 Å². The lowest BCUT2D eigenvalue weighted by Gasteiger charge is -2.26. The van der Waals surface area contributed by atoms with E-state index in [1.54, 1.807) is 54.6 Å². The van der Waals surface area contributed by atoms with Crippen LogP contribution in [-0.4, -0.2) is 83.5 Å². The summed E-state index contributed by atoms with van der Waals surface area (Å²) in [4.78, 5) is 9.42. The SMILES string of the molecule is CC(C)(C)c1cc(O)c(O)c(C(C)(C)C)c1.CC(C)(C)c1ccc(O)c(O)c1.COc1cccc(O)c1O.Cc1ccc(O)c(O)c1.O=[N+]([O-])c1ccc(O)c(O)c1.Oc1cc2ccccc2cc1O.Oc1ccc2ccccc2c1O. The summed E-state index contributed by atoms with van der Waals surface area (Å²) in [6.07, 6.45) is 0. The highest BCUT2D eigenvalue weighted by Gasteiger charge is 2.25. The number of benzene rings is 9. The lowest BCUT2D eigenvalue weighted by molar-refractivity contribution is -0.385. The van der Waals surface area contributed by atoms with E-state index >= 15 is 0 Å². The number of non-ortho nitro benzene ring substituents is 1. The van der Waals surface area contributed by atoms with E-state index in [4.69, 9.17) is 55.8 Å². The van der Waals surface area contributed by atoms with Crippen molar-refractivity contribution in [2.24, 2.45) is 0 Å². The number of aryl methyl sites for hydroxylation is 1. The van der Waals surface area contributed by atoms with E-state index in [2.05, 4.69) is 41.5 Å². The number of hydrogen-bond acceptors (Lipinski definition) is 17. The lowest BCUT2D eigenvalue weighted by Crippen LogP contribution is -2.16. The fourth-order valence-corrected chi connectivity index (χ4v) is 7.01. The van der Waals surface area contributed by atoms with Crippen LogP contribution in [0.3, 0.4) is 0 Å². The van der Waals surface area contributed by atoms with Crippen LogP contribution in [0.2, 0.25) is 0 Å². The maximum Gasteiger partial charge on any atom is 0.273 e.